The second-order valence-corrected chi connectivity index (χ2v) is 3.53. The third kappa shape index (κ3) is 2.45. The maximum Gasteiger partial charge on any atom is 0.216 e. The van der Waals surface area contributed by atoms with Gasteiger partial charge in [-0.2, -0.15) is 9.13 Å². The molecule has 2 aromatic rings. The molecule has 0 saturated heterocycles. The average molecular weight is 249 g/mol. The predicted molar refractivity (Wildman–Crippen MR) is 63.3 cm³/mol. The summed E-state index contributed by atoms with van der Waals surface area (Å²) in [7, 11) is 0. The van der Waals surface area contributed by atoms with E-state index in [1.807, 2.05) is 0 Å². The minimum Gasteiger partial charge on any atom is -0.619 e. The normalized spacial score (nSPS) is 10.1. The molecule has 3 nitrogen and oxygen atoms in total. The number of benzene rings is 2. The van der Waals surface area contributed by atoms with Crippen molar-refractivity contribution >= 4 is 12.4 Å². The van der Waals surface area contributed by atoms with Gasteiger partial charge in [0.15, 0.2) is 11.6 Å². The molecule has 2 rings (SSSR count). The lowest BCUT2D eigenvalue weighted by atomic mass is 10.3. The van der Waals surface area contributed by atoms with Gasteiger partial charge in [-0.05, 0) is 24.3 Å². The highest BCUT2D eigenvalue weighted by molar-refractivity contribution is 5.40. The zero-order valence-corrected chi connectivity index (χ0v) is 9.27. The highest BCUT2D eigenvalue weighted by Gasteiger charge is 2.09. The lowest BCUT2D eigenvalue weighted by Gasteiger charge is -2.07. The van der Waals surface area contributed by atoms with Crippen LogP contribution in [0, 0.1) is 16.8 Å². The van der Waals surface area contributed by atoms with Gasteiger partial charge in [0.25, 0.3) is 0 Å². The van der Waals surface area contributed by atoms with Gasteiger partial charge in [0.1, 0.15) is 12.5 Å². The molecule has 0 aliphatic rings. The van der Waals surface area contributed by atoms with Crippen LogP contribution in [-0.2, 0) is 0 Å². The Morgan fingerprint density at radius 2 is 1.72 bits per heavy atom. The van der Waals surface area contributed by atoms with Gasteiger partial charge in [-0.15, -0.1) is 0 Å². The molecule has 2 aromatic carbocycles. The Balaban J connectivity index is 2.24. The quantitative estimate of drug-likeness (QED) is 0.360. The first-order chi connectivity index (χ1) is 8.58. The second-order valence-electron chi connectivity index (χ2n) is 3.53. The fourth-order valence-corrected chi connectivity index (χ4v) is 1.37. The monoisotopic (exact) mass is 249 g/mol. The molecule has 0 bridgehead atoms. The lowest BCUT2D eigenvalue weighted by Crippen LogP contribution is -1.92. The minimum absolute atomic E-state index is 0.212. The molecule has 5 heteroatoms. The standard InChI is InChI=1S/C13H9F2NO2/c1-16(17)9-5-7-10(8-6-9)18-12-4-2-3-11(14)13(12)15/h2-8H,1H2. The smallest absolute Gasteiger partial charge is 0.216 e. The number of halogens is 2. The van der Waals surface area contributed by atoms with Crippen LogP contribution >= 0.6 is 0 Å². The molecular weight excluding hydrogens is 240 g/mol. The van der Waals surface area contributed by atoms with E-state index in [0.29, 0.717) is 16.2 Å². The Morgan fingerprint density at radius 3 is 2.33 bits per heavy atom. The van der Waals surface area contributed by atoms with Gasteiger partial charge in [0.05, 0.1) is 0 Å². The fourth-order valence-electron chi connectivity index (χ4n) is 1.37. The van der Waals surface area contributed by atoms with Crippen molar-refractivity contribution in [2.45, 2.75) is 0 Å². The van der Waals surface area contributed by atoms with E-state index in [1.54, 1.807) is 0 Å². The van der Waals surface area contributed by atoms with Crippen LogP contribution in [0.2, 0.25) is 0 Å². The minimum atomic E-state index is -1.05. The molecule has 18 heavy (non-hydrogen) atoms. The maximum absolute atomic E-state index is 13.3. The molecular formula is C13H9F2NO2. The first-order valence-corrected chi connectivity index (χ1v) is 5.07. The molecule has 0 saturated carbocycles. The summed E-state index contributed by atoms with van der Waals surface area (Å²) in [6.45, 7) is 3.18. The van der Waals surface area contributed by atoms with Crippen molar-refractivity contribution in [3.63, 3.8) is 0 Å². The van der Waals surface area contributed by atoms with Crippen LogP contribution in [-0.4, -0.2) is 11.5 Å². The van der Waals surface area contributed by atoms with Crippen molar-refractivity contribution in [3.05, 3.63) is 59.3 Å². The van der Waals surface area contributed by atoms with Gasteiger partial charge in [0.2, 0.25) is 11.5 Å². The number of rotatable bonds is 3. The third-order valence-corrected chi connectivity index (χ3v) is 2.27. The highest BCUT2D eigenvalue weighted by atomic mass is 19.2. The average Bonchev–Trinajstić information content (AvgIpc) is 2.36. The van der Waals surface area contributed by atoms with Crippen molar-refractivity contribution in [3.8, 4) is 11.5 Å². The number of nitrogens with zero attached hydrogens (tertiary/aromatic N) is 1. The van der Waals surface area contributed by atoms with Gasteiger partial charge in [-0.25, -0.2) is 4.39 Å². The Labute approximate surface area is 102 Å². The van der Waals surface area contributed by atoms with Crippen LogP contribution in [0.15, 0.2) is 42.5 Å². The zero-order valence-electron chi connectivity index (χ0n) is 9.27. The predicted octanol–water partition coefficient (Wildman–Crippen LogP) is 3.60. The summed E-state index contributed by atoms with van der Waals surface area (Å²) in [6, 6.07) is 9.53. The van der Waals surface area contributed by atoms with Gasteiger partial charge in [-0.1, -0.05) is 6.07 Å². The largest absolute Gasteiger partial charge is 0.619 e. The van der Waals surface area contributed by atoms with E-state index in [0.717, 1.165) is 6.07 Å². The molecule has 0 amide bonds. The van der Waals surface area contributed by atoms with Crippen molar-refractivity contribution in [2.24, 2.45) is 0 Å². The fraction of sp³-hybridized carbons (Fsp3) is 0. The van der Waals surface area contributed by atoms with Crippen molar-refractivity contribution < 1.29 is 18.3 Å². The Bertz CT molecular complexity index is 582. The zero-order chi connectivity index (χ0) is 13.1. The van der Waals surface area contributed by atoms with Gasteiger partial charge >= 0.3 is 0 Å². The molecule has 0 aliphatic heterocycles. The van der Waals surface area contributed by atoms with E-state index in [4.69, 9.17) is 4.74 Å². The van der Waals surface area contributed by atoms with E-state index in [-0.39, 0.29) is 5.75 Å². The molecule has 0 aromatic heterocycles. The summed E-state index contributed by atoms with van der Waals surface area (Å²) in [5, 5.41) is 10.9. The van der Waals surface area contributed by atoms with E-state index in [2.05, 4.69) is 6.72 Å². The van der Waals surface area contributed by atoms with Crippen LogP contribution in [0.25, 0.3) is 0 Å². The molecule has 0 N–H and O–H groups in total. The summed E-state index contributed by atoms with van der Waals surface area (Å²) in [4.78, 5) is 0. The summed E-state index contributed by atoms with van der Waals surface area (Å²) in [6.07, 6.45) is 0. The molecule has 0 unspecified atom stereocenters. The summed E-state index contributed by atoms with van der Waals surface area (Å²) in [5.41, 5.74) is 0.335. The highest BCUT2D eigenvalue weighted by Crippen LogP contribution is 2.26. The summed E-state index contributed by atoms with van der Waals surface area (Å²) < 4.78 is 31.9. The van der Waals surface area contributed by atoms with Gasteiger partial charge < -0.3 is 9.94 Å². The molecule has 0 fully saturated rings. The van der Waals surface area contributed by atoms with Crippen LogP contribution in [0.5, 0.6) is 11.5 Å². The van der Waals surface area contributed by atoms with Crippen LogP contribution < -0.4 is 4.74 Å². The van der Waals surface area contributed by atoms with Crippen molar-refractivity contribution in [1.82, 2.24) is 0 Å². The number of hydrogen-bond acceptors (Lipinski definition) is 2. The van der Waals surface area contributed by atoms with Crippen LogP contribution in [0.1, 0.15) is 0 Å². The number of hydrogen-bond donors (Lipinski definition) is 0. The van der Waals surface area contributed by atoms with Crippen LogP contribution in [0.4, 0.5) is 14.5 Å². The first kappa shape index (κ1) is 12.0. The Morgan fingerprint density at radius 1 is 1.06 bits per heavy atom. The first-order valence-electron chi connectivity index (χ1n) is 5.07. The molecule has 0 aliphatic carbocycles. The van der Waals surface area contributed by atoms with Crippen molar-refractivity contribution in [2.75, 3.05) is 0 Å². The topological polar surface area (TPSA) is 35.3 Å². The maximum atomic E-state index is 13.3. The number of ether oxygens (including phenoxy) is 1. The molecule has 0 heterocycles. The van der Waals surface area contributed by atoms with Gasteiger partial charge in [0, 0.05) is 12.1 Å². The summed E-state index contributed by atoms with van der Waals surface area (Å²) in [5.74, 6) is -1.95. The Kier molecular flexibility index (Phi) is 3.23. The van der Waals surface area contributed by atoms with E-state index >= 15 is 0 Å². The van der Waals surface area contributed by atoms with Crippen molar-refractivity contribution in [1.29, 1.82) is 0 Å². The molecule has 0 spiro atoms. The molecule has 92 valence electrons. The third-order valence-electron chi connectivity index (χ3n) is 2.27. The summed E-state index contributed by atoms with van der Waals surface area (Å²) >= 11 is 0. The van der Waals surface area contributed by atoms with E-state index < -0.39 is 11.6 Å². The SMILES string of the molecule is C=[N+]([O-])c1ccc(Oc2cccc(F)c2F)cc1. The Hall–Kier alpha value is -2.43. The lowest BCUT2D eigenvalue weighted by molar-refractivity contribution is -0.349. The van der Waals surface area contributed by atoms with Crippen LogP contribution in [0.3, 0.4) is 0 Å². The van der Waals surface area contributed by atoms with E-state index in [1.165, 1.54) is 36.4 Å². The second kappa shape index (κ2) is 4.83. The molecule has 0 radical (unpaired) electrons. The van der Waals surface area contributed by atoms with Gasteiger partial charge in [-0.3, -0.25) is 0 Å². The van der Waals surface area contributed by atoms with E-state index in [9.17, 15) is 14.0 Å². The molecule has 0 atom stereocenters.